The number of alkyl halides is 6. The maximum absolute atomic E-state index is 14.7. The van der Waals surface area contributed by atoms with Gasteiger partial charge in [-0.2, -0.15) is 26.3 Å². The number of anilines is 1. The van der Waals surface area contributed by atoms with Gasteiger partial charge >= 0.3 is 12.4 Å². The second kappa shape index (κ2) is 13.2. The van der Waals surface area contributed by atoms with Gasteiger partial charge in [-0.15, -0.1) is 0 Å². The summed E-state index contributed by atoms with van der Waals surface area (Å²) in [7, 11) is 0. The summed E-state index contributed by atoms with van der Waals surface area (Å²) in [4.78, 5) is 55.8. The summed E-state index contributed by atoms with van der Waals surface area (Å²) in [5.74, 6) is -2.71. The zero-order chi connectivity index (χ0) is 39.7. The molecule has 2 aliphatic heterocycles. The van der Waals surface area contributed by atoms with Crippen LogP contribution >= 0.6 is 0 Å². The zero-order valence-corrected chi connectivity index (χ0v) is 30.6. The van der Waals surface area contributed by atoms with E-state index in [-0.39, 0.29) is 22.3 Å². The molecular formula is C42H38F6N2O4. The van der Waals surface area contributed by atoms with Crippen LogP contribution in [0.3, 0.4) is 0 Å². The van der Waals surface area contributed by atoms with E-state index in [1.807, 2.05) is 34.6 Å². The highest BCUT2D eigenvalue weighted by Crippen LogP contribution is 2.46. The Kier molecular flexibility index (Phi) is 9.43. The first-order valence-corrected chi connectivity index (χ1v) is 17.7. The number of halogens is 6. The van der Waals surface area contributed by atoms with Gasteiger partial charge in [-0.05, 0) is 108 Å². The third-order valence-corrected chi connectivity index (χ3v) is 11.6. The normalized spacial score (nSPS) is 15.0. The molecule has 12 heteroatoms. The molecule has 0 aromatic heterocycles. The van der Waals surface area contributed by atoms with Gasteiger partial charge in [0.1, 0.15) is 0 Å². The van der Waals surface area contributed by atoms with Gasteiger partial charge in [0.15, 0.2) is 0 Å². The number of benzene rings is 4. The van der Waals surface area contributed by atoms with Gasteiger partial charge < -0.3 is 0 Å². The van der Waals surface area contributed by atoms with Crippen LogP contribution in [0.5, 0.6) is 0 Å². The Labute approximate surface area is 308 Å². The molecule has 54 heavy (non-hydrogen) atoms. The van der Waals surface area contributed by atoms with E-state index < -0.39 is 74.9 Å². The molecule has 0 N–H and O–H groups in total. The molecule has 0 aliphatic carbocycles. The molecular weight excluding hydrogens is 710 g/mol. The highest BCUT2D eigenvalue weighted by molar-refractivity contribution is 6.34. The Bertz CT molecular complexity index is 2230. The quantitative estimate of drug-likeness (QED) is 0.126. The van der Waals surface area contributed by atoms with Crippen LogP contribution in [0.1, 0.15) is 125 Å². The number of amides is 4. The summed E-state index contributed by atoms with van der Waals surface area (Å²) in [6.07, 6.45) is -8.03. The van der Waals surface area contributed by atoms with Crippen LogP contribution in [0.25, 0.3) is 22.3 Å². The Hall–Kier alpha value is -5.26. The molecule has 4 amide bonds. The topological polar surface area (TPSA) is 74.8 Å². The van der Waals surface area contributed by atoms with Crippen molar-refractivity contribution in [1.29, 1.82) is 0 Å². The summed E-state index contributed by atoms with van der Waals surface area (Å²) in [5, 5.41) is 0. The maximum Gasteiger partial charge on any atom is 0.417 e. The van der Waals surface area contributed by atoms with Crippen LogP contribution in [0.4, 0.5) is 32.0 Å². The minimum atomic E-state index is -5.16. The number of carbonyl (C=O) groups excluding carboxylic acids is 4. The lowest BCUT2D eigenvalue weighted by Crippen LogP contribution is -2.48. The van der Waals surface area contributed by atoms with Crippen molar-refractivity contribution in [2.75, 3.05) is 4.90 Å². The van der Waals surface area contributed by atoms with Crippen molar-refractivity contribution in [3.8, 4) is 22.3 Å². The van der Waals surface area contributed by atoms with Gasteiger partial charge in [-0.1, -0.05) is 65.0 Å². The van der Waals surface area contributed by atoms with Crippen LogP contribution < -0.4 is 4.90 Å². The van der Waals surface area contributed by atoms with E-state index in [2.05, 4.69) is 0 Å². The molecule has 0 radical (unpaired) electrons. The maximum atomic E-state index is 14.7. The molecule has 0 bridgehead atoms. The fourth-order valence-corrected chi connectivity index (χ4v) is 7.32. The average Bonchev–Trinajstić information content (AvgIpc) is 3.56. The molecule has 6 nitrogen and oxygen atoms in total. The van der Waals surface area contributed by atoms with Crippen molar-refractivity contribution in [2.45, 2.75) is 90.5 Å². The number of hydrogen-bond acceptors (Lipinski definition) is 4. The highest BCUT2D eigenvalue weighted by atomic mass is 19.4. The summed E-state index contributed by atoms with van der Waals surface area (Å²) < 4.78 is 87.4. The fourth-order valence-electron chi connectivity index (χ4n) is 7.32. The van der Waals surface area contributed by atoms with E-state index in [4.69, 9.17) is 0 Å². The third-order valence-electron chi connectivity index (χ3n) is 11.6. The van der Waals surface area contributed by atoms with Gasteiger partial charge in [0, 0.05) is 5.54 Å². The first-order valence-electron chi connectivity index (χ1n) is 17.7. The van der Waals surface area contributed by atoms with Crippen molar-refractivity contribution < 1.29 is 45.5 Å². The first-order chi connectivity index (χ1) is 25.2. The molecule has 2 aliphatic rings. The molecule has 0 atom stereocenters. The summed E-state index contributed by atoms with van der Waals surface area (Å²) in [6.45, 7) is 11.1. The largest absolute Gasteiger partial charge is 0.417 e. The number of fused-ring (bicyclic) bond motifs is 2. The second-order valence-electron chi connectivity index (χ2n) is 14.4. The van der Waals surface area contributed by atoms with Crippen LogP contribution in [0.15, 0.2) is 72.8 Å². The van der Waals surface area contributed by atoms with Gasteiger partial charge in [0.25, 0.3) is 23.6 Å². The number of rotatable bonds is 9. The Morgan fingerprint density at radius 2 is 0.907 bits per heavy atom. The van der Waals surface area contributed by atoms with E-state index in [0.717, 1.165) is 24.3 Å². The summed E-state index contributed by atoms with van der Waals surface area (Å²) in [5.41, 5.74) is -4.48. The minimum absolute atomic E-state index is 0.0912. The van der Waals surface area contributed by atoms with Gasteiger partial charge in [0.05, 0.1) is 39.1 Å². The Balaban J connectivity index is 1.38. The SMILES string of the molecule is CCC(C)(CC)c1ccc(-c2ccc(N3C(=O)c4ccc(-c5ccc6c(c5)C(=O)N(C(C)(CC)CC)C6=O)cc4C3=O)cc2C(F)(F)F)c(C(F)(F)F)c1. The summed E-state index contributed by atoms with van der Waals surface area (Å²) in [6, 6.07) is 14.6. The predicted molar refractivity (Wildman–Crippen MR) is 192 cm³/mol. The minimum Gasteiger partial charge on any atom is -0.269 e. The van der Waals surface area contributed by atoms with Crippen molar-refractivity contribution in [1.82, 2.24) is 4.90 Å². The molecule has 0 fully saturated rings. The molecule has 2 heterocycles. The van der Waals surface area contributed by atoms with Crippen molar-refractivity contribution in [2.24, 2.45) is 0 Å². The van der Waals surface area contributed by atoms with E-state index in [0.29, 0.717) is 53.3 Å². The Morgan fingerprint density at radius 3 is 1.41 bits per heavy atom. The number of nitrogens with zero attached hydrogens (tertiary/aromatic N) is 2. The van der Waals surface area contributed by atoms with Crippen LogP contribution in [0, 0.1) is 0 Å². The van der Waals surface area contributed by atoms with E-state index >= 15 is 0 Å². The molecule has 0 unspecified atom stereocenters. The molecule has 0 spiro atoms. The molecule has 4 aromatic carbocycles. The Morgan fingerprint density at radius 1 is 0.481 bits per heavy atom. The second-order valence-corrected chi connectivity index (χ2v) is 14.4. The number of imide groups is 2. The standard InChI is InChI=1S/C42H38F6N2O4/c1-7-39(5,8-2)25-13-17-27(33(21-25)41(43,44)45)28-18-14-26(22-34(28)42(46,47)48)49-35(51)29-15-11-23(19-31(29)36(49)52)24-12-16-30-32(20-24)38(54)50(37(30)53)40(6,9-3)10-4/h11-22H,7-10H2,1-6H3. The predicted octanol–water partition coefficient (Wildman–Crippen LogP) is 11.1. The molecule has 4 aromatic rings. The lowest BCUT2D eigenvalue weighted by molar-refractivity contribution is -0.139. The summed E-state index contributed by atoms with van der Waals surface area (Å²) >= 11 is 0. The third kappa shape index (κ3) is 6.09. The molecule has 0 saturated heterocycles. The van der Waals surface area contributed by atoms with Crippen molar-refractivity contribution in [3.63, 3.8) is 0 Å². The first kappa shape index (κ1) is 38.5. The molecule has 282 valence electrons. The average molecular weight is 749 g/mol. The van der Waals surface area contributed by atoms with E-state index in [1.165, 1.54) is 41.3 Å². The smallest absolute Gasteiger partial charge is 0.269 e. The van der Waals surface area contributed by atoms with Crippen molar-refractivity contribution in [3.05, 3.63) is 112 Å². The lowest BCUT2D eigenvalue weighted by Gasteiger charge is -2.35. The number of hydrogen-bond donors (Lipinski definition) is 0. The van der Waals surface area contributed by atoms with Gasteiger partial charge in [-0.3, -0.25) is 24.1 Å². The van der Waals surface area contributed by atoms with Gasteiger partial charge in [-0.25, -0.2) is 4.90 Å². The van der Waals surface area contributed by atoms with Crippen LogP contribution in [0.2, 0.25) is 0 Å². The van der Waals surface area contributed by atoms with Gasteiger partial charge in [0.2, 0.25) is 0 Å². The lowest BCUT2D eigenvalue weighted by atomic mass is 9.76. The van der Waals surface area contributed by atoms with E-state index in [9.17, 15) is 45.5 Å². The highest BCUT2D eigenvalue weighted by Gasteiger charge is 2.46. The monoisotopic (exact) mass is 748 g/mol. The van der Waals surface area contributed by atoms with Crippen molar-refractivity contribution >= 4 is 29.3 Å². The molecule has 0 saturated carbocycles. The zero-order valence-electron chi connectivity index (χ0n) is 30.6. The number of carbonyl (C=O) groups is 4. The molecule has 6 rings (SSSR count). The van der Waals surface area contributed by atoms with E-state index in [1.54, 1.807) is 13.0 Å². The fraction of sp³-hybridized carbons (Fsp3) is 0.333. The van der Waals surface area contributed by atoms with Crippen LogP contribution in [-0.4, -0.2) is 34.1 Å². The van der Waals surface area contributed by atoms with Crippen LogP contribution in [-0.2, 0) is 17.8 Å².